The lowest BCUT2D eigenvalue weighted by molar-refractivity contribution is 0.0357. The highest BCUT2D eigenvalue weighted by Crippen LogP contribution is 2.29. The van der Waals surface area contributed by atoms with E-state index in [1.54, 1.807) is 0 Å². The summed E-state index contributed by atoms with van der Waals surface area (Å²) in [5, 5.41) is 2.82. The summed E-state index contributed by atoms with van der Waals surface area (Å²) in [6, 6.07) is 7.42. The molecule has 1 aromatic rings. The molecule has 0 aliphatic heterocycles. The molecule has 2 rings (SSSR count). The molecule has 1 aliphatic rings. The van der Waals surface area contributed by atoms with Gasteiger partial charge in [-0.25, -0.2) is 4.79 Å². The van der Waals surface area contributed by atoms with Crippen molar-refractivity contribution in [2.75, 3.05) is 32.6 Å². The molecular formula is C18H28N2O3. The molecule has 1 N–H and O–H groups in total. The smallest absolute Gasteiger partial charge is 0.412 e. The second-order valence-corrected chi connectivity index (χ2v) is 6.30. The highest BCUT2D eigenvalue weighted by atomic mass is 16.6. The third kappa shape index (κ3) is 5.43. The number of nitrogens with zero attached hydrogens (tertiary/aromatic N) is 1. The molecule has 0 aromatic heterocycles. The van der Waals surface area contributed by atoms with E-state index in [1.165, 1.54) is 6.42 Å². The Balaban J connectivity index is 1.95. The SMILES string of the molecule is CCOc1ccccc1NC(=O)O[C@H]1CCCC[C@H]1CN(C)C. The molecule has 2 atom stereocenters. The summed E-state index contributed by atoms with van der Waals surface area (Å²) in [4.78, 5) is 14.4. The van der Waals surface area contributed by atoms with Crippen LogP contribution < -0.4 is 10.1 Å². The number of carbonyl (C=O) groups is 1. The first-order valence-electron chi connectivity index (χ1n) is 8.44. The highest BCUT2D eigenvalue weighted by Gasteiger charge is 2.28. The van der Waals surface area contributed by atoms with Crippen molar-refractivity contribution in [2.45, 2.75) is 38.7 Å². The Morgan fingerprint density at radius 1 is 1.26 bits per heavy atom. The summed E-state index contributed by atoms with van der Waals surface area (Å²) in [7, 11) is 4.12. The Bertz CT molecular complexity index is 505. The van der Waals surface area contributed by atoms with Crippen LogP contribution in [-0.4, -0.2) is 44.3 Å². The van der Waals surface area contributed by atoms with E-state index in [0.29, 0.717) is 24.0 Å². The lowest BCUT2D eigenvalue weighted by Gasteiger charge is -2.32. The fourth-order valence-electron chi connectivity index (χ4n) is 3.13. The number of anilines is 1. The number of benzene rings is 1. The number of hydrogen-bond acceptors (Lipinski definition) is 4. The zero-order valence-electron chi connectivity index (χ0n) is 14.4. The van der Waals surface area contributed by atoms with Crippen molar-refractivity contribution in [3.8, 4) is 5.75 Å². The van der Waals surface area contributed by atoms with Crippen LogP contribution in [-0.2, 0) is 4.74 Å². The Kier molecular flexibility index (Phi) is 6.71. The molecule has 0 radical (unpaired) electrons. The third-order valence-electron chi connectivity index (χ3n) is 4.12. The summed E-state index contributed by atoms with van der Waals surface area (Å²) < 4.78 is 11.2. The van der Waals surface area contributed by atoms with Crippen molar-refractivity contribution in [3.63, 3.8) is 0 Å². The van der Waals surface area contributed by atoms with Crippen LogP contribution in [0.15, 0.2) is 24.3 Å². The summed E-state index contributed by atoms with van der Waals surface area (Å²) in [5.41, 5.74) is 0.652. The molecule has 23 heavy (non-hydrogen) atoms. The maximum Gasteiger partial charge on any atom is 0.412 e. The van der Waals surface area contributed by atoms with E-state index in [9.17, 15) is 4.79 Å². The number of carbonyl (C=O) groups excluding carboxylic acids is 1. The number of ether oxygens (including phenoxy) is 2. The van der Waals surface area contributed by atoms with Gasteiger partial charge in [0, 0.05) is 12.5 Å². The Morgan fingerprint density at radius 3 is 2.74 bits per heavy atom. The van der Waals surface area contributed by atoms with Crippen molar-refractivity contribution >= 4 is 11.8 Å². The molecule has 1 aliphatic carbocycles. The van der Waals surface area contributed by atoms with Gasteiger partial charge in [-0.3, -0.25) is 5.32 Å². The first-order valence-corrected chi connectivity index (χ1v) is 8.44. The first-order chi connectivity index (χ1) is 11.1. The van der Waals surface area contributed by atoms with Crippen LogP contribution in [0.2, 0.25) is 0 Å². The summed E-state index contributed by atoms with van der Waals surface area (Å²) in [6.45, 7) is 3.43. The fraction of sp³-hybridized carbons (Fsp3) is 0.611. The van der Waals surface area contributed by atoms with Crippen molar-refractivity contribution in [1.82, 2.24) is 4.90 Å². The van der Waals surface area contributed by atoms with Crippen LogP contribution in [0.5, 0.6) is 5.75 Å². The standard InChI is InChI=1S/C18H28N2O3/c1-4-22-17-12-8-6-10-15(17)19-18(21)23-16-11-7-5-9-14(16)13-20(2)3/h6,8,10,12,14,16H,4-5,7,9,11,13H2,1-3H3,(H,19,21)/t14-,16-/m0/s1. The van der Waals surface area contributed by atoms with E-state index < -0.39 is 6.09 Å². The van der Waals surface area contributed by atoms with Gasteiger partial charge in [0.2, 0.25) is 0 Å². The number of amides is 1. The average Bonchev–Trinajstić information content (AvgIpc) is 2.51. The second kappa shape index (κ2) is 8.77. The fourth-order valence-corrected chi connectivity index (χ4v) is 3.13. The maximum atomic E-state index is 12.3. The van der Waals surface area contributed by atoms with Crippen LogP contribution in [0.3, 0.4) is 0 Å². The van der Waals surface area contributed by atoms with Crippen LogP contribution in [0.25, 0.3) is 0 Å². The van der Waals surface area contributed by atoms with Gasteiger partial charge >= 0.3 is 6.09 Å². The molecule has 1 aromatic carbocycles. The molecule has 0 bridgehead atoms. The molecule has 1 amide bonds. The Hall–Kier alpha value is -1.75. The van der Waals surface area contributed by atoms with Crippen molar-refractivity contribution in [1.29, 1.82) is 0 Å². The predicted molar refractivity (Wildman–Crippen MR) is 92.0 cm³/mol. The van der Waals surface area contributed by atoms with E-state index in [2.05, 4.69) is 24.3 Å². The topological polar surface area (TPSA) is 50.8 Å². The molecule has 0 heterocycles. The first kappa shape index (κ1) is 17.6. The number of rotatable bonds is 6. The molecule has 128 valence electrons. The maximum absolute atomic E-state index is 12.3. The van der Waals surface area contributed by atoms with Gasteiger partial charge in [0.05, 0.1) is 12.3 Å². The van der Waals surface area contributed by atoms with Gasteiger partial charge in [-0.2, -0.15) is 0 Å². The lowest BCUT2D eigenvalue weighted by Crippen LogP contribution is -2.37. The van der Waals surface area contributed by atoms with Gasteiger partial charge in [0.25, 0.3) is 0 Å². The number of para-hydroxylation sites is 2. The molecule has 0 saturated heterocycles. The quantitative estimate of drug-likeness (QED) is 0.867. The number of hydrogen-bond donors (Lipinski definition) is 1. The summed E-state index contributed by atoms with van der Waals surface area (Å²) >= 11 is 0. The van der Waals surface area contributed by atoms with Crippen LogP contribution >= 0.6 is 0 Å². The van der Waals surface area contributed by atoms with Gasteiger partial charge in [-0.15, -0.1) is 0 Å². The molecule has 0 spiro atoms. The summed E-state index contributed by atoms with van der Waals surface area (Å²) in [6.07, 6.45) is 3.99. The van der Waals surface area contributed by atoms with Gasteiger partial charge in [-0.05, 0) is 52.4 Å². The largest absolute Gasteiger partial charge is 0.492 e. The molecule has 1 fully saturated rings. The van der Waals surface area contributed by atoms with E-state index in [-0.39, 0.29) is 6.10 Å². The Morgan fingerprint density at radius 2 is 2.00 bits per heavy atom. The van der Waals surface area contributed by atoms with Crippen molar-refractivity contribution in [2.24, 2.45) is 5.92 Å². The molecule has 1 saturated carbocycles. The summed E-state index contributed by atoms with van der Waals surface area (Å²) in [5.74, 6) is 1.08. The van der Waals surface area contributed by atoms with Crippen molar-refractivity contribution < 1.29 is 14.3 Å². The molecular weight excluding hydrogens is 292 g/mol. The van der Waals surface area contributed by atoms with E-state index in [1.807, 2.05) is 31.2 Å². The van der Waals surface area contributed by atoms with Gasteiger partial charge in [-0.1, -0.05) is 18.6 Å². The van der Waals surface area contributed by atoms with E-state index in [4.69, 9.17) is 9.47 Å². The normalized spacial score (nSPS) is 21.0. The Labute approximate surface area is 139 Å². The number of nitrogens with one attached hydrogen (secondary N) is 1. The van der Waals surface area contributed by atoms with E-state index in [0.717, 1.165) is 25.8 Å². The zero-order valence-corrected chi connectivity index (χ0v) is 14.4. The minimum atomic E-state index is -0.396. The van der Waals surface area contributed by atoms with Gasteiger partial charge in [0.1, 0.15) is 11.9 Å². The minimum absolute atomic E-state index is 0.00888. The van der Waals surface area contributed by atoms with Crippen LogP contribution in [0, 0.1) is 5.92 Å². The van der Waals surface area contributed by atoms with Crippen LogP contribution in [0.1, 0.15) is 32.6 Å². The van der Waals surface area contributed by atoms with E-state index >= 15 is 0 Å². The minimum Gasteiger partial charge on any atom is -0.492 e. The average molecular weight is 320 g/mol. The predicted octanol–water partition coefficient (Wildman–Crippen LogP) is 3.75. The molecule has 0 unspecified atom stereocenters. The van der Waals surface area contributed by atoms with Crippen LogP contribution in [0.4, 0.5) is 10.5 Å². The zero-order chi connectivity index (χ0) is 16.7. The third-order valence-corrected chi connectivity index (χ3v) is 4.12. The second-order valence-electron chi connectivity index (χ2n) is 6.30. The molecule has 5 nitrogen and oxygen atoms in total. The monoisotopic (exact) mass is 320 g/mol. The van der Waals surface area contributed by atoms with Gasteiger partial charge in [0.15, 0.2) is 0 Å². The van der Waals surface area contributed by atoms with Gasteiger partial charge < -0.3 is 14.4 Å². The van der Waals surface area contributed by atoms with Crippen molar-refractivity contribution in [3.05, 3.63) is 24.3 Å². The molecule has 5 heteroatoms. The lowest BCUT2D eigenvalue weighted by atomic mass is 9.86. The highest BCUT2D eigenvalue weighted by molar-refractivity contribution is 5.86.